The monoisotopic (exact) mass is 250 g/mol. The summed E-state index contributed by atoms with van der Waals surface area (Å²) in [5.41, 5.74) is -0.804. The summed E-state index contributed by atoms with van der Waals surface area (Å²) in [6, 6.07) is 1.97. The Morgan fingerprint density at radius 3 is 2.61 bits per heavy atom. The lowest BCUT2D eigenvalue weighted by atomic mass is 10.2. The van der Waals surface area contributed by atoms with E-state index >= 15 is 0 Å². The highest BCUT2D eigenvalue weighted by Gasteiger charge is 2.18. The average Bonchev–Trinajstić information content (AvgIpc) is 2.25. The summed E-state index contributed by atoms with van der Waals surface area (Å²) in [7, 11) is 0. The van der Waals surface area contributed by atoms with Crippen LogP contribution in [0.25, 0.3) is 0 Å². The zero-order valence-electron chi connectivity index (χ0n) is 9.21. The first-order chi connectivity index (χ1) is 8.43. The number of carbonyl (C=O) groups is 2. The summed E-state index contributed by atoms with van der Waals surface area (Å²) in [6.07, 6.45) is 5.03. The summed E-state index contributed by atoms with van der Waals surface area (Å²) in [5.74, 6) is -0.306. The first-order valence-electron chi connectivity index (χ1n) is 4.82. The van der Waals surface area contributed by atoms with E-state index in [-0.39, 0.29) is 12.1 Å². The predicted molar refractivity (Wildman–Crippen MR) is 61.1 cm³/mol. The molecule has 0 aromatic carbocycles. The number of pyridine rings is 1. The molecule has 0 aliphatic heterocycles. The zero-order chi connectivity index (χ0) is 13.7. The molecule has 7 heteroatoms. The van der Waals surface area contributed by atoms with Gasteiger partial charge in [0, 0.05) is 12.1 Å². The lowest BCUT2D eigenvalue weighted by Crippen LogP contribution is -2.36. The van der Waals surface area contributed by atoms with Crippen molar-refractivity contribution >= 4 is 11.9 Å². The number of rotatable bonds is 4. The van der Waals surface area contributed by atoms with Crippen LogP contribution in [-0.2, 0) is 4.79 Å². The highest BCUT2D eigenvalue weighted by molar-refractivity contribution is 5.96. The van der Waals surface area contributed by atoms with Crippen LogP contribution in [0.4, 0.5) is 0 Å². The number of amides is 1. The number of hydrogen-bond donors (Lipinski definition) is 3. The quantitative estimate of drug-likeness (QED) is 0.608. The van der Waals surface area contributed by atoms with Gasteiger partial charge in [-0.25, -0.2) is 0 Å². The van der Waals surface area contributed by atoms with Crippen molar-refractivity contribution in [2.24, 2.45) is 0 Å². The largest absolute Gasteiger partial charge is 0.494 e. The van der Waals surface area contributed by atoms with Crippen LogP contribution in [0.2, 0.25) is 0 Å². The lowest BCUT2D eigenvalue weighted by Gasteiger charge is -2.17. The second-order valence-electron chi connectivity index (χ2n) is 3.38. The fraction of sp³-hybridized carbons (Fsp3) is 0.182. The first-order valence-corrected chi connectivity index (χ1v) is 4.82. The van der Waals surface area contributed by atoms with Gasteiger partial charge in [-0.3, -0.25) is 19.4 Å². The Morgan fingerprint density at radius 2 is 2.11 bits per heavy atom. The van der Waals surface area contributed by atoms with Gasteiger partial charge >= 0.3 is 5.97 Å². The number of carboxylic acids is 1. The summed E-state index contributed by atoms with van der Waals surface area (Å²) < 4.78 is 0. The van der Waals surface area contributed by atoms with Gasteiger partial charge in [-0.2, -0.15) is 0 Å². The molecule has 0 aliphatic rings. The number of H-pyrrole nitrogens is 1. The zero-order valence-corrected chi connectivity index (χ0v) is 9.21. The van der Waals surface area contributed by atoms with Crippen molar-refractivity contribution in [1.82, 2.24) is 9.88 Å². The summed E-state index contributed by atoms with van der Waals surface area (Å²) >= 11 is 0. The molecule has 7 nitrogen and oxygen atoms in total. The number of nitrogens with one attached hydrogen (secondary N) is 1. The Hall–Kier alpha value is -2.75. The molecule has 0 aliphatic carbocycles. The van der Waals surface area contributed by atoms with E-state index in [1.54, 1.807) is 0 Å². The van der Waals surface area contributed by atoms with Gasteiger partial charge in [-0.05, 0) is 0 Å². The molecule has 1 rings (SSSR count). The minimum atomic E-state index is -1.23. The topological polar surface area (TPSA) is 111 Å². The van der Waals surface area contributed by atoms with Crippen molar-refractivity contribution < 1.29 is 19.8 Å². The number of carbonyl (C=O) groups excluding carboxylic acids is 1. The van der Waals surface area contributed by atoms with Crippen molar-refractivity contribution in [3.63, 3.8) is 0 Å². The van der Waals surface area contributed by atoms with E-state index in [4.69, 9.17) is 16.6 Å². The van der Waals surface area contributed by atoms with E-state index in [0.717, 1.165) is 17.0 Å². The van der Waals surface area contributed by atoms with Crippen LogP contribution in [0.3, 0.4) is 0 Å². The van der Waals surface area contributed by atoms with Crippen molar-refractivity contribution in [2.75, 3.05) is 13.1 Å². The number of carboxylic acid groups (broad SMARTS) is 1. The Balaban J connectivity index is 3.05. The highest BCUT2D eigenvalue weighted by Crippen LogP contribution is 2.07. The number of nitrogens with zero attached hydrogens (tertiary/aromatic N) is 1. The van der Waals surface area contributed by atoms with E-state index in [1.165, 1.54) is 0 Å². The molecule has 0 saturated carbocycles. The van der Waals surface area contributed by atoms with Crippen LogP contribution in [0.15, 0.2) is 16.9 Å². The van der Waals surface area contributed by atoms with Gasteiger partial charge in [0.1, 0.15) is 6.54 Å². The number of terminal acetylenes is 1. The summed E-state index contributed by atoms with van der Waals surface area (Å²) in [6.45, 7) is -0.796. The Morgan fingerprint density at radius 1 is 1.44 bits per heavy atom. The van der Waals surface area contributed by atoms with E-state index in [2.05, 4.69) is 5.92 Å². The number of hydrogen-bond acceptors (Lipinski definition) is 4. The standard InChI is InChI=1S/C11H10N2O5/c1-2-3-13(6-10(16)17)11(18)7-4-8(14)12-9(15)5-7/h1,4-5H,3,6H2,(H,16,17)(H2,12,14,15). The van der Waals surface area contributed by atoms with E-state index in [1.807, 2.05) is 4.98 Å². The lowest BCUT2D eigenvalue weighted by molar-refractivity contribution is -0.137. The molecule has 0 fully saturated rings. The molecule has 1 heterocycles. The predicted octanol–water partition coefficient (Wildman–Crippen LogP) is -0.760. The molecule has 0 bridgehead atoms. The van der Waals surface area contributed by atoms with Crippen LogP contribution in [0.5, 0.6) is 5.88 Å². The van der Waals surface area contributed by atoms with Gasteiger partial charge < -0.3 is 15.1 Å². The van der Waals surface area contributed by atoms with Crippen LogP contribution < -0.4 is 5.56 Å². The average molecular weight is 250 g/mol. The van der Waals surface area contributed by atoms with Crippen molar-refractivity contribution in [3.05, 3.63) is 28.0 Å². The minimum absolute atomic E-state index is 0.132. The van der Waals surface area contributed by atoms with E-state index < -0.39 is 29.9 Å². The molecule has 18 heavy (non-hydrogen) atoms. The van der Waals surface area contributed by atoms with Gasteiger partial charge in [-0.1, -0.05) is 5.92 Å². The maximum absolute atomic E-state index is 11.9. The number of aromatic nitrogens is 1. The molecule has 0 spiro atoms. The minimum Gasteiger partial charge on any atom is -0.494 e. The molecule has 0 unspecified atom stereocenters. The van der Waals surface area contributed by atoms with Crippen molar-refractivity contribution in [2.45, 2.75) is 0 Å². The maximum atomic E-state index is 11.9. The molecule has 0 saturated heterocycles. The fourth-order valence-corrected chi connectivity index (χ4v) is 1.31. The molecule has 3 N–H and O–H groups in total. The third-order valence-electron chi connectivity index (χ3n) is 1.97. The van der Waals surface area contributed by atoms with E-state index in [9.17, 15) is 14.4 Å². The van der Waals surface area contributed by atoms with Gasteiger partial charge in [0.25, 0.3) is 11.5 Å². The highest BCUT2D eigenvalue weighted by atomic mass is 16.4. The molecule has 94 valence electrons. The van der Waals surface area contributed by atoms with Crippen molar-refractivity contribution in [3.8, 4) is 18.2 Å². The fourth-order valence-electron chi connectivity index (χ4n) is 1.31. The molecular formula is C11H10N2O5. The smallest absolute Gasteiger partial charge is 0.323 e. The van der Waals surface area contributed by atoms with Crippen LogP contribution in [0, 0.1) is 12.3 Å². The maximum Gasteiger partial charge on any atom is 0.323 e. The van der Waals surface area contributed by atoms with Crippen LogP contribution in [-0.4, -0.2) is 45.1 Å². The second-order valence-corrected chi connectivity index (χ2v) is 3.38. The van der Waals surface area contributed by atoms with Crippen LogP contribution >= 0.6 is 0 Å². The molecule has 1 aromatic heterocycles. The van der Waals surface area contributed by atoms with Gasteiger partial charge in [0.15, 0.2) is 5.88 Å². The van der Waals surface area contributed by atoms with Gasteiger partial charge in [-0.15, -0.1) is 6.42 Å². The summed E-state index contributed by atoms with van der Waals surface area (Å²) in [5, 5.41) is 17.8. The Bertz CT molecular complexity index is 570. The number of aromatic hydroxyl groups is 1. The SMILES string of the molecule is C#CCN(CC(=O)O)C(=O)c1cc(O)[nH]c(=O)c1. The number of aliphatic carboxylic acids is 1. The molecular weight excluding hydrogens is 240 g/mol. The van der Waals surface area contributed by atoms with Gasteiger partial charge in [0.2, 0.25) is 0 Å². The molecule has 0 radical (unpaired) electrons. The normalized spacial score (nSPS) is 9.50. The van der Waals surface area contributed by atoms with Gasteiger partial charge in [0.05, 0.1) is 12.1 Å². The molecule has 1 aromatic rings. The first kappa shape index (κ1) is 13.3. The second kappa shape index (κ2) is 5.54. The Labute approximate surface area is 102 Å². The molecule has 0 atom stereocenters. The van der Waals surface area contributed by atoms with Crippen molar-refractivity contribution in [1.29, 1.82) is 0 Å². The Kier molecular flexibility index (Phi) is 4.10. The van der Waals surface area contributed by atoms with Crippen LogP contribution in [0.1, 0.15) is 10.4 Å². The number of aromatic amines is 1. The third kappa shape index (κ3) is 3.38. The third-order valence-corrected chi connectivity index (χ3v) is 1.97. The summed E-state index contributed by atoms with van der Waals surface area (Å²) in [4.78, 5) is 36.4. The molecule has 1 amide bonds. The van der Waals surface area contributed by atoms with E-state index in [0.29, 0.717) is 0 Å².